The minimum absolute atomic E-state index is 0. The van der Waals surface area contributed by atoms with Gasteiger partial charge in [0, 0.05) is 59.0 Å². The Balaban J connectivity index is 0.00000512. The fraction of sp³-hybridized carbons (Fsp3) is 0.720. The Labute approximate surface area is 213 Å². The minimum Gasteiger partial charge on any atom is -0.396 e. The number of nitrogens with one attached hydrogen (secondary N) is 2. The topological polar surface area (TPSA) is 63.1 Å². The maximum atomic E-state index is 9.23. The second-order valence-corrected chi connectivity index (χ2v) is 8.62. The third-order valence-electron chi connectivity index (χ3n) is 5.99. The molecule has 0 bridgehead atoms. The molecule has 1 unspecified atom stereocenters. The molecule has 0 aliphatic carbocycles. The lowest BCUT2D eigenvalue weighted by Gasteiger charge is -2.34. The number of aliphatic hydroxyl groups is 1. The van der Waals surface area contributed by atoms with Gasteiger partial charge in [-0.25, -0.2) is 0 Å². The van der Waals surface area contributed by atoms with Crippen LogP contribution < -0.4 is 10.6 Å². The Morgan fingerprint density at radius 3 is 2.38 bits per heavy atom. The van der Waals surface area contributed by atoms with Crippen LogP contribution in [-0.2, 0) is 6.54 Å². The molecule has 1 aliphatic rings. The molecule has 1 aliphatic heterocycles. The summed E-state index contributed by atoms with van der Waals surface area (Å²) in [6.07, 6.45) is 5.49. The van der Waals surface area contributed by atoms with Gasteiger partial charge in [-0.05, 0) is 50.6 Å². The number of halogens is 1. The molecule has 7 heteroatoms. The van der Waals surface area contributed by atoms with Gasteiger partial charge in [0.05, 0.1) is 0 Å². The van der Waals surface area contributed by atoms with Gasteiger partial charge in [-0.15, -0.1) is 24.0 Å². The van der Waals surface area contributed by atoms with E-state index in [1.165, 1.54) is 31.6 Å². The smallest absolute Gasteiger partial charge is 0.191 e. The van der Waals surface area contributed by atoms with Crippen molar-refractivity contribution in [2.24, 2.45) is 10.9 Å². The van der Waals surface area contributed by atoms with Crippen molar-refractivity contribution in [3.05, 3.63) is 35.9 Å². The molecule has 1 aromatic rings. The molecule has 0 spiro atoms. The van der Waals surface area contributed by atoms with Gasteiger partial charge in [0.15, 0.2) is 5.96 Å². The average molecular weight is 560 g/mol. The number of piperazine rings is 1. The van der Waals surface area contributed by atoms with E-state index in [1.54, 1.807) is 0 Å². The summed E-state index contributed by atoms with van der Waals surface area (Å²) in [6, 6.07) is 10.8. The predicted octanol–water partition coefficient (Wildman–Crippen LogP) is 3.56. The first-order valence-electron chi connectivity index (χ1n) is 12.4. The average Bonchev–Trinajstić information content (AvgIpc) is 2.79. The largest absolute Gasteiger partial charge is 0.396 e. The van der Waals surface area contributed by atoms with Crippen LogP contribution in [0.4, 0.5) is 0 Å². The van der Waals surface area contributed by atoms with E-state index in [-0.39, 0.29) is 30.6 Å². The van der Waals surface area contributed by atoms with Crippen LogP contribution in [-0.4, -0.2) is 79.8 Å². The van der Waals surface area contributed by atoms with Crippen molar-refractivity contribution < 1.29 is 5.11 Å². The number of guanidine groups is 1. The van der Waals surface area contributed by atoms with Crippen molar-refractivity contribution in [3.8, 4) is 0 Å². The lowest BCUT2D eigenvalue weighted by molar-refractivity contribution is 0.126. The van der Waals surface area contributed by atoms with Crippen molar-refractivity contribution in [1.82, 2.24) is 20.4 Å². The third kappa shape index (κ3) is 12.4. The summed E-state index contributed by atoms with van der Waals surface area (Å²) in [4.78, 5) is 9.92. The second kappa shape index (κ2) is 18.5. The monoisotopic (exact) mass is 559 g/mol. The van der Waals surface area contributed by atoms with E-state index in [2.05, 4.69) is 64.6 Å². The Hall–Kier alpha value is -0.900. The van der Waals surface area contributed by atoms with E-state index in [4.69, 9.17) is 4.99 Å². The molecule has 1 fully saturated rings. The van der Waals surface area contributed by atoms with Crippen LogP contribution in [0.5, 0.6) is 0 Å². The molecule has 0 amide bonds. The van der Waals surface area contributed by atoms with E-state index in [0.29, 0.717) is 5.92 Å². The summed E-state index contributed by atoms with van der Waals surface area (Å²) in [5.74, 6) is 1.39. The SMILES string of the molecule is CCCC(CCO)CN=C(NCC)NCCCCN1CCN(Cc2ccccc2)CC1.I. The Kier molecular flexibility index (Phi) is 16.9. The standard InChI is InChI=1S/C25H45N5O.HI/c1-3-10-23(13-20-31)21-28-25(26-4-2)27-14-8-9-15-29-16-18-30(19-17-29)22-24-11-6-5-7-12-24;/h5-7,11-12,23,31H,3-4,8-10,13-22H2,1-2H3,(H2,26,27,28);1H. The highest BCUT2D eigenvalue weighted by Gasteiger charge is 2.16. The maximum absolute atomic E-state index is 9.23. The van der Waals surface area contributed by atoms with Gasteiger partial charge in [0.25, 0.3) is 0 Å². The van der Waals surface area contributed by atoms with Gasteiger partial charge in [-0.2, -0.15) is 0 Å². The summed E-state index contributed by atoms with van der Waals surface area (Å²) in [6.45, 7) is 14.1. The summed E-state index contributed by atoms with van der Waals surface area (Å²) < 4.78 is 0. The first kappa shape index (κ1) is 29.1. The van der Waals surface area contributed by atoms with Gasteiger partial charge in [-0.1, -0.05) is 43.7 Å². The van der Waals surface area contributed by atoms with Crippen LogP contribution in [0, 0.1) is 5.92 Å². The molecule has 1 saturated heterocycles. The van der Waals surface area contributed by atoms with Gasteiger partial charge >= 0.3 is 0 Å². The van der Waals surface area contributed by atoms with Crippen molar-refractivity contribution in [1.29, 1.82) is 0 Å². The molecule has 184 valence electrons. The van der Waals surface area contributed by atoms with Crippen molar-refractivity contribution in [2.75, 3.05) is 59.0 Å². The Morgan fingerprint density at radius 1 is 1.00 bits per heavy atom. The van der Waals surface area contributed by atoms with Crippen LogP contribution in [0.2, 0.25) is 0 Å². The summed E-state index contributed by atoms with van der Waals surface area (Å²) in [5, 5.41) is 16.1. The molecular weight excluding hydrogens is 513 g/mol. The van der Waals surface area contributed by atoms with Crippen LogP contribution in [0.15, 0.2) is 35.3 Å². The van der Waals surface area contributed by atoms with E-state index in [1.807, 2.05) is 0 Å². The van der Waals surface area contributed by atoms with Gasteiger partial charge < -0.3 is 20.6 Å². The van der Waals surface area contributed by atoms with Gasteiger partial charge in [0.1, 0.15) is 0 Å². The van der Waals surface area contributed by atoms with Crippen molar-refractivity contribution >= 4 is 29.9 Å². The molecule has 0 aromatic heterocycles. The van der Waals surface area contributed by atoms with Gasteiger partial charge in [-0.3, -0.25) is 9.89 Å². The van der Waals surface area contributed by atoms with Crippen LogP contribution >= 0.6 is 24.0 Å². The molecule has 1 atom stereocenters. The number of unbranched alkanes of at least 4 members (excludes halogenated alkanes) is 1. The highest BCUT2D eigenvalue weighted by atomic mass is 127. The first-order valence-corrected chi connectivity index (χ1v) is 12.4. The fourth-order valence-corrected chi connectivity index (χ4v) is 4.16. The number of hydrogen-bond donors (Lipinski definition) is 3. The normalized spacial score (nSPS) is 16.4. The number of aliphatic imine (C=N–C) groups is 1. The zero-order valence-corrected chi connectivity index (χ0v) is 22.6. The lowest BCUT2D eigenvalue weighted by atomic mass is 10.0. The summed E-state index contributed by atoms with van der Waals surface area (Å²) >= 11 is 0. The van der Waals surface area contributed by atoms with E-state index < -0.39 is 0 Å². The van der Waals surface area contributed by atoms with E-state index in [0.717, 1.165) is 70.9 Å². The number of benzene rings is 1. The fourth-order valence-electron chi connectivity index (χ4n) is 4.16. The van der Waals surface area contributed by atoms with Crippen molar-refractivity contribution in [3.63, 3.8) is 0 Å². The zero-order chi connectivity index (χ0) is 22.2. The predicted molar refractivity (Wildman–Crippen MR) is 147 cm³/mol. The molecule has 0 saturated carbocycles. The van der Waals surface area contributed by atoms with Gasteiger partial charge in [0.2, 0.25) is 0 Å². The van der Waals surface area contributed by atoms with Crippen LogP contribution in [0.3, 0.4) is 0 Å². The van der Waals surface area contributed by atoms with E-state index >= 15 is 0 Å². The van der Waals surface area contributed by atoms with E-state index in [9.17, 15) is 5.11 Å². The minimum atomic E-state index is 0. The first-order chi connectivity index (χ1) is 15.2. The van der Waals surface area contributed by atoms with Crippen molar-refractivity contribution in [2.45, 2.75) is 52.5 Å². The quantitative estimate of drug-likeness (QED) is 0.141. The number of hydrogen-bond acceptors (Lipinski definition) is 4. The number of rotatable bonds is 14. The third-order valence-corrected chi connectivity index (χ3v) is 5.99. The summed E-state index contributed by atoms with van der Waals surface area (Å²) in [5.41, 5.74) is 1.41. The van der Waals surface area contributed by atoms with Crippen LogP contribution in [0.25, 0.3) is 0 Å². The molecule has 1 aromatic carbocycles. The maximum Gasteiger partial charge on any atom is 0.191 e. The second-order valence-electron chi connectivity index (χ2n) is 8.62. The molecule has 2 rings (SSSR count). The zero-order valence-electron chi connectivity index (χ0n) is 20.3. The molecule has 6 nitrogen and oxygen atoms in total. The summed E-state index contributed by atoms with van der Waals surface area (Å²) in [7, 11) is 0. The number of nitrogens with zero attached hydrogens (tertiary/aromatic N) is 3. The highest BCUT2D eigenvalue weighted by Crippen LogP contribution is 2.11. The molecule has 1 heterocycles. The Bertz CT molecular complexity index is 587. The Morgan fingerprint density at radius 2 is 1.72 bits per heavy atom. The molecule has 3 N–H and O–H groups in total. The number of aliphatic hydroxyl groups excluding tert-OH is 1. The lowest BCUT2D eigenvalue weighted by Crippen LogP contribution is -2.46. The molecular formula is C25H46IN5O. The molecule has 0 radical (unpaired) electrons. The highest BCUT2D eigenvalue weighted by molar-refractivity contribution is 14.0. The molecule has 32 heavy (non-hydrogen) atoms. The van der Waals surface area contributed by atoms with Crippen LogP contribution in [0.1, 0.15) is 51.5 Å².